The first-order valence-electron chi connectivity index (χ1n) is 7.31. The molecule has 1 aromatic rings. The molecule has 0 radical (unpaired) electrons. The highest BCUT2D eigenvalue weighted by Gasteiger charge is 2.10. The number of carbonyl (C=O) groups excluding carboxylic acids is 1. The average Bonchev–Trinajstić information content (AvgIpc) is 2.56. The molecule has 0 aliphatic rings. The number of Topliss-reactive ketones (excluding diaryl/α,β-unsaturated/α-hetero) is 1. The summed E-state index contributed by atoms with van der Waals surface area (Å²) in [4.78, 5) is 22.4. The molecule has 4 nitrogen and oxygen atoms in total. The molecule has 23 heavy (non-hydrogen) atoms. The molecule has 0 saturated carbocycles. The Balaban J connectivity index is 2.93. The van der Waals surface area contributed by atoms with Crippen molar-refractivity contribution in [3.63, 3.8) is 0 Å². The van der Waals surface area contributed by atoms with E-state index in [-0.39, 0.29) is 11.5 Å². The summed E-state index contributed by atoms with van der Waals surface area (Å²) < 4.78 is 0. The second-order valence-corrected chi connectivity index (χ2v) is 5.21. The highest BCUT2D eigenvalue weighted by Crippen LogP contribution is 2.16. The van der Waals surface area contributed by atoms with E-state index < -0.39 is 4.92 Å². The summed E-state index contributed by atoms with van der Waals surface area (Å²) in [5, 5.41) is 10.6. The Kier molecular flexibility index (Phi) is 6.87. The van der Waals surface area contributed by atoms with E-state index in [4.69, 9.17) is 0 Å². The van der Waals surface area contributed by atoms with Crippen molar-refractivity contribution < 1.29 is 9.72 Å². The Labute approximate surface area is 136 Å². The van der Waals surface area contributed by atoms with Crippen LogP contribution in [0.3, 0.4) is 0 Å². The average molecular weight is 311 g/mol. The normalized spacial score (nSPS) is 13.5. The van der Waals surface area contributed by atoms with Gasteiger partial charge in [0.1, 0.15) is 0 Å². The summed E-state index contributed by atoms with van der Waals surface area (Å²) in [5.74, 6) is -0.140. The molecule has 0 bridgehead atoms. The lowest BCUT2D eigenvalue weighted by molar-refractivity contribution is -0.384. The lowest BCUT2D eigenvalue weighted by Crippen LogP contribution is -2.00. The van der Waals surface area contributed by atoms with Gasteiger partial charge in [0.2, 0.25) is 0 Å². The molecule has 0 aliphatic carbocycles. The summed E-state index contributed by atoms with van der Waals surface area (Å²) in [6.45, 7) is 7.68. The van der Waals surface area contributed by atoms with E-state index in [0.29, 0.717) is 11.1 Å². The Morgan fingerprint density at radius 1 is 0.957 bits per heavy atom. The van der Waals surface area contributed by atoms with Crippen molar-refractivity contribution >= 4 is 11.5 Å². The number of nitro groups is 1. The molecule has 0 N–H and O–H groups in total. The fraction of sp³-hybridized carbons (Fsp3) is 0.211. The Bertz CT molecular complexity index is 705. The number of rotatable bonds is 6. The van der Waals surface area contributed by atoms with Crippen molar-refractivity contribution in [3.05, 3.63) is 87.0 Å². The van der Waals surface area contributed by atoms with E-state index in [1.165, 1.54) is 24.3 Å². The van der Waals surface area contributed by atoms with Crippen LogP contribution in [0.5, 0.6) is 0 Å². The predicted octanol–water partition coefficient (Wildman–Crippen LogP) is 5.19. The van der Waals surface area contributed by atoms with Gasteiger partial charge in [0.05, 0.1) is 4.92 Å². The quantitative estimate of drug-likeness (QED) is 0.239. The molecule has 0 aliphatic heterocycles. The maximum atomic E-state index is 12.3. The van der Waals surface area contributed by atoms with Crippen LogP contribution in [-0.4, -0.2) is 10.7 Å². The molecule has 0 aromatic heterocycles. The van der Waals surface area contributed by atoms with Crippen LogP contribution in [0, 0.1) is 10.1 Å². The van der Waals surface area contributed by atoms with Gasteiger partial charge >= 0.3 is 0 Å². The van der Waals surface area contributed by atoms with Crippen molar-refractivity contribution in [2.75, 3.05) is 0 Å². The van der Waals surface area contributed by atoms with Gasteiger partial charge in [0.15, 0.2) is 5.78 Å². The first kappa shape index (κ1) is 18.3. The molecule has 0 heterocycles. The summed E-state index contributed by atoms with van der Waals surface area (Å²) in [7, 11) is 0. The van der Waals surface area contributed by atoms with Gasteiger partial charge in [-0.1, -0.05) is 30.4 Å². The van der Waals surface area contributed by atoms with Crippen LogP contribution in [0.15, 0.2) is 71.4 Å². The van der Waals surface area contributed by atoms with Crippen LogP contribution in [0.4, 0.5) is 5.69 Å². The van der Waals surface area contributed by atoms with Crippen molar-refractivity contribution in [2.24, 2.45) is 0 Å². The van der Waals surface area contributed by atoms with E-state index in [0.717, 1.165) is 11.1 Å². The largest absolute Gasteiger partial charge is 0.289 e. The van der Waals surface area contributed by atoms with Crippen molar-refractivity contribution in [3.8, 4) is 0 Å². The van der Waals surface area contributed by atoms with Gasteiger partial charge in [-0.2, -0.15) is 0 Å². The van der Waals surface area contributed by atoms with Crippen LogP contribution >= 0.6 is 0 Å². The molecule has 0 spiro atoms. The van der Waals surface area contributed by atoms with E-state index in [1.54, 1.807) is 13.0 Å². The number of ketones is 1. The minimum absolute atomic E-state index is 0.0244. The van der Waals surface area contributed by atoms with Crippen molar-refractivity contribution in [2.45, 2.75) is 27.7 Å². The number of nitrogens with zero attached hydrogens (tertiary/aromatic N) is 1. The summed E-state index contributed by atoms with van der Waals surface area (Å²) in [6, 6.07) is 5.63. The second-order valence-electron chi connectivity index (χ2n) is 5.21. The molecule has 0 atom stereocenters. The standard InChI is InChI=1S/C19H21NO3/c1-5-6-7-14(2)15(3)8-9-16(4)19(21)17-10-12-18(13-11-17)20(22)23/h5-13H,1-4H3/b6-5-,14-7-,15-8+,16-9+. The molecule has 0 saturated heterocycles. The zero-order valence-electron chi connectivity index (χ0n) is 13.9. The smallest absolute Gasteiger partial charge is 0.269 e. The third-order valence-corrected chi connectivity index (χ3v) is 3.44. The Hall–Kier alpha value is -2.75. The highest BCUT2D eigenvalue weighted by molar-refractivity contribution is 6.08. The number of benzene rings is 1. The molecule has 0 amide bonds. The molecule has 0 fully saturated rings. The third kappa shape index (κ3) is 5.51. The van der Waals surface area contributed by atoms with Gasteiger partial charge in [-0.05, 0) is 56.5 Å². The van der Waals surface area contributed by atoms with Gasteiger partial charge in [-0.25, -0.2) is 0 Å². The van der Waals surface area contributed by atoms with Crippen LogP contribution < -0.4 is 0 Å². The maximum absolute atomic E-state index is 12.3. The van der Waals surface area contributed by atoms with Crippen LogP contribution in [0.1, 0.15) is 38.1 Å². The molecule has 1 aromatic carbocycles. The number of nitro benzene ring substituents is 1. The molecule has 0 unspecified atom stereocenters. The van der Waals surface area contributed by atoms with Crippen LogP contribution in [-0.2, 0) is 0 Å². The first-order valence-corrected chi connectivity index (χ1v) is 7.31. The number of carbonyl (C=O) groups is 1. The maximum Gasteiger partial charge on any atom is 0.269 e. The second kappa shape index (κ2) is 8.63. The molecular weight excluding hydrogens is 290 g/mol. The zero-order valence-corrected chi connectivity index (χ0v) is 13.9. The number of non-ortho nitro benzene ring substituents is 1. The Morgan fingerprint density at radius 2 is 1.48 bits per heavy atom. The lowest BCUT2D eigenvalue weighted by Gasteiger charge is -2.02. The van der Waals surface area contributed by atoms with Crippen LogP contribution in [0.25, 0.3) is 0 Å². The van der Waals surface area contributed by atoms with Crippen LogP contribution in [0.2, 0.25) is 0 Å². The van der Waals surface area contributed by atoms with Gasteiger partial charge in [-0.3, -0.25) is 14.9 Å². The van der Waals surface area contributed by atoms with Gasteiger partial charge in [-0.15, -0.1) is 0 Å². The minimum atomic E-state index is -0.483. The fourth-order valence-electron chi connectivity index (χ4n) is 1.79. The van der Waals surface area contributed by atoms with Crippen molar-refractivity contribution in [1.82, 2.24) is 0 Å². The van der Waals surface area contributed by atoms with Gasteiger partial charge in [0, 0.05) is 17.7 Å². The molecule has 1 rings (SSSR count). The topological polar surface area (TPSA) is 60.2 Å². The number of hydrogen-bond donors (Lipinski definition) is 0. The van der Waals surface area contributed by atoms with E-state index in [1.807, 2.05) is 45.1 Å². The first-order chi connectivity index (χ1) is 10.9. The van der Waals surface area contributed by atoms with Gasteiger partial charge < -0.3 is 0 Å². The van der Waals surface area contributed by atoms with Crippen molar-refractivity contribution in [1.29, 1.82) is 0 Å². The number of hydrogen-bond acceptors (Lipinski definition) is 3. The summed E-state index contributed by atoms with van der Waals surface area (Å²) >= 11 is 0. The molecular formula is C19H21NO3. The molecule has 4 heteroatoms. The van der Waals surface area contributed by atoms with Gasteiger partial charge in [0.25, 0.3) is 5.69 Å². The van der Waals surface area contributed by atoms with E-state index >= 15 is 0 Å². The van der Waals surface area contributed by atoms with E-state index in [2.05, 4.69) is 0 Å². The predicted molar refractivity (Wildman–Crippen MR) is 93.5 cm³/mol. The lowest BCUT2D eigenvalue weighted by atomic mass is 10.0. The zero-order chi connectivity index (χ0) is 17.4. The summed E-state index contributed by atoms with van der Waals surface area (Å²) in [6.07, 6.45) is 9.59. The summed E-state index contributed by atoms with van der Waals surface area (Å²) in [5.41, 5.74) is 3.19. The molecule has 120 valence electrons. The SMILES string of the molecule is C\C=C/C=C(C)\C(C)=C\C=C(/C)C(=O)c1ccc([N+](=O)[O-])cc1. The number of allylic oxidation sites excluding steroid dienone is 8. The Morgan fingerprint density at radius 3 is 2.00 bits per heavy atom. The van der Waals surface area contributed by atoms with E-state index in [9.17, 15) is 14.9 Å². The highest BCUT2D eigenvalue weighted by atomic mass is 16.6. The third-order valence-electron chi connectivity index (χ3n) is 3.44. The minimum Gasteiger partial charge on any atom is -0.289 e. The monoisotopic (exact) mass is 311 g/mol. The fourth-order valence-corrected chi connectivity index (χ4v) is 1.79.